The average Bonchev–Trinajstić information content (AvgIpc) is 2.70. The van der Waals surface area contributed by atoms with Crippen LogP contribution >= 0.6 is 0 Å². The Hall–Kier alpha value is -3.13. The SMILES string of the molecule is CC.CC(=O)NC1C=C(c2cnc(N)c(S(=O)(=O)Cc3ccccc3)c2)C=CN1. The van der Waals surface area contributed by atoms with E-state index >= 15 is 0 Å². The third-order valence-electron chi connectivity index (χ3n) is 3.99. The van der Waals surface area contributed by atoms with Gasteiger partial charge in [-0.05, 0) is 35.6 Å². The molecule has 3 rings (SSSR count). The van der Waals surface area contributed by atoms with Crippen molar-refractivity contribution < 1.29 is 13.2 Å². The number of aromatic nitrogens is 1. The number of nitrogens with two attached hydrogens (primary N) is 1. The molecule has 8 heteroatoms. The van der Waals surface area contributed by atoms with Crippen molar-refractivity contribution in [3.8, 4) is 0 Å². The summed E-state index contributed by atoms with van der Waals surface area (Å²) in [6.07, 6.45) is 6.37. The number of hydrogen-bond donors (Lipinski definition) is 3. The number of pyridine rings is 1. The number of nitrogens with zero attached hydrogens (tertiary/aromatic N) is 1. The molecule has 1 aromatic heterocycles. The Balaban J connectivity index is 0.00000145. The second-order valence-electron chi connectivity index (χ2n) is 6.15. The molecule has 1 atom stereocenters. The monoisotopic (exact) mass is 414 g/mol. The second kappa shape index (κ2) is 9.88. The normalized spacial score (nSPS) is 15.4. The van der Waals surface area contributed by atoms with Gasteiger partial charge in [-0.3, -0.25) is 4.79 Å². The van der Waals surface area contributed by atoms with E-state index in [1.807, 2.05) is 19.9 Å². The summed E-state index contributed by atoms with van der Waals surface area (Å²) >= 11 is 0. The lowest BCUT2D eigenvalue weighted by atomic mass is 10.1. The number of benzene rings is 1. The molecule has 0 saturated carbocycles. The minimum absolute atomic E-state index is 0.00670. The fourth-order valence-corrected chi connectivity index (χ4v) is 4.22. The molecule has 1 aliphatic rings. The number of anilines is 1. The van der Waals surface area contributed by atoms with Crippen molar-refractivity contribution in [2.24, 2.45) is 0 Å². The number of dihydropyridines is 1. The maximum absolute atomic E-state index is 12.8. The minimum atomic E-state index is -3.66. The molecule has 0 spiro atoms. The van der Waals surface area contributed by atoms with Gasteiger partial charge in [0.1, 0.15) is 16.9 Å². The highest BCUT2D eigenvalue weighted by Crippen LogP contribution is 2.26. The van der Waals surface area contributed by atoms with Gasteiger partial charge in [0.15, 0.2) is 9.84 Å². The molecule has 1 aliphatic heterocycles. The molecular formula is C21H26N4O3S. The summed E-state index contributed by atoms with van der Waals surface area (Å²) in [6.45, 7) is 5.42. The van der Waals surface area contributed by atoms with Crippen molar-refractivity contribution in [3.05, 3.63) is 72.1 Å². The summed E-state index contributed by atoms with van der Waals surface area (Å²) in [4.78, 5) is 15.3. The van der Waals surface area contributed by atoms with Crippen molar-refractivity contribution in [3.63, 3.8) is 0 Å². The smallest absolute Gasteiger partial charge is 0.218 e. The number of carbonyl (C=O) groups excluding carboxylic acids is 1. The average molecular weight is 415 g/mol. The summed E-state index contributed by atoms with van der Waals surface area (Å²) < 4.78 is 25.7. The van der Waals surface area contributed by atoms with Crippen molar-refractivity contribution in [2.75, 3.05) is 5.73 Å². The van der Waals surface area contributed by atoms with Crippen LogP contribution in [0.4, 0.5) is 5.82 Å². The molecule has 29 heavy (non-hydrogen) atoms. The van der Waals surface area contributed by atoms with Crippen molar-refractivity contribution >= 4 is 27.1 Å². The first-order valence-electron chi connectivity index (χ1n) is 9.29. The quantitative estimate of drug-likeness (QED) is 0.693. The number of rotatable bonds is 5. The van der Waals surface area contributed by atoms with E-state index in [1.54, 1.807) is 42.6 Å². The Morgan fingerprint density at radius 3 is 2.59 bits per heavy atom. The van der Waals surface area contributed by atoms with Crippen LogP contribution in [0.3, 0.4) is 0 Å². The predicted octanol–water partition coefficient (Wildman–Crippen LogP) is 2.63. The number of sulfone groups is 1. The first kappa shape index (κ1) is 22.2. The predicted molar refractivity (Wildman–Crippen MR) is 115 cm³/mol. The molecule has 154 valence electrons. The van der Waals surface area contributed by atoms with Gasteiger partial charge in [0.25, 0.3) is 0 Å². The van der Waals surface area contributed by atoms with E-state index < -0.39 is 9.84 Å². The van der Waals surface area contributed by atoms with Crippen LogP contribution in [-0.4, -0.2) is 25.5 Å². The zero-order valence-corrected chi connectivity index (χ0v) is 17.5. The van der Waals surface area contributed by atoms with E-state index in [1.165, 1.54) is 19.2 Å². The van der Waals surface area contributed by atoms with Crippen LogP contribution in [0, 0.1) is 0 Å². The van der Waals surface area contributed by atoms with E-state index in [4.69, 9.17) is 5.73 Å². The summed E-state index contributed by atoms with van der Waals surface area (Å²) in [7, 11) is -3.66. The van der Waals surface area contributed by atoms with Crippen LogP contribution in [0.15, 0.2) is 65.8 Å². The van der Waals surface area contributed by atoms with Crippen LogP contribution in [0.2, 0.25) is 0 Å². The van der Waals surface area contributed by atoms with E-state index in [0.717, 1.165) is 5.57 Å². The number of nitrogens with one attached hydrogen (secondary N) is 2. The highest BCUT2D eigenvalue weighted by Gasteiger charge is 2.21. The van der Waals surface area contributed by atoms with Gasteiger partial charge in [-0.1, -0.05) is 44.2 Å². The second-order valence-corrected chi connectivity index (χ2v) is 8.11. The Morgan fingerprint density at radius 2 is 1.93 bits per heavy atom. The Morgan fingerprint density at radius 1 is 1.24 bits per heavy atom. The van der Waals surface area contributed by atoms with Gasteiger partial charge in [0, 0.05) is 18.7 Å². The van der Waals surface area contributed by atoms with Crippen LogP contribution < -0.4 is 16.4 Å². The van der Waals surface area contributed by atoms with Gasteiger partial charge in [-0.25, -0.2) is 13.4 Å². The van der Waals surface area contributed by atoms with E-state index in [-0.39, 0.29) is 28.5 Å². The molecule has 0 bridgehead atoms. The first-order chi connectivity index (χ1) is 13.8. The van der Waals surface area contributed by atoms with Gasteiger partial charge < -0.3 is 16.4 Å². The van der Waals surface area contributed by atoms with Crippen LogP contribution in [0.25, 0.3) is 5.57 Å². The standard InChI is InChI=1S/C19H20N4O3S.C2H6/c1-13(24)23-18-10-15(7-8-21-18)16-9-17(19(20)22-11-16)27(25,26)12-14-5-3-2-4-6-14;1-2/h2-11,18,21H,12H2,1H3,(H2,20,22)(H,23,24);1-2H3. The molecule has 1 amide bonds. The molecule has 2 heterocycles. The zero-order valence-electron chi connectivity index (χ0n) is 16.7. The van der Waals surface area contributed by atoms with Crippen molar-refractivity contribution in [2.45, 2.75) is 37.6 Å². The highest BCUT2D eigenvalue weighted by atomic mass is 32.2. The molecule has 0 radical (unpaired) electrons. The number of amides is 1. The maximum atomic E-state index is 12.8. The minimum Gasteiger partial charge on any atom is -0.383 e. The van der Waals surface area contributed by atoms with E-state index in [2.05, 4.69) is 15.6 Å². The Kier molecular flexibility index (Phi) is 7.55. The largest absolute Gasteiger partial charge is 0.383 e. The first-order valence-corrected chi connectivity index (χ1v) is 10.9. The molecule has 2 aromatic rings. The lowest BCUT2D eigenvalue weighted by Gasteiger charge is -2.20. The third kappa shape index (κ3) is 5.92. The number of allylic oxidation sites excluding steroid dienone is 2. The summed E-state index contributed by atoms with van der Waals surface area (Å²) in [5.74, 6) is -0.375. The zero-order chi connectivity index (χ0) is 21.4. The van der Waals surface area contributed by atoms with E-state index in [0.29, 0.717) is 11.1 Å². The molecule has 7 nitrogen and oxygen atoms in total. The lowest BCUT2D eigenvalue weighted by Crippen LogP contribution is -2.41. The molecule has 1 unspecified atom stereocenters. The third-order valence-corrected chi connectivity index (χ3v) is 5.70. The molecule has 0 fully saturated rings. The molecule has 0 saturated heterocycles. The van der Waals surface area contributed by atoms with Gasteiger partial charge in [0.05, 0.1) is 5.75 Å². The van der Waals surface area contributed by atoms with Crippen LogP contribution in [0.1, 0.15) is 31.9 Å². The molecule has 1 aromatic carbocycles. The molecule has 0 aliphatic carbocycles. The lowest BCUT2D eigenvalue weighted by molar-refractivity contribution is -0.119. The number of nitrogen functional groups attached to an aromatic ring is 1. The highest BCUT2D eigenvalue weighted by molar-refractivity contribution is 7.90. The van der Waals surface area contributed by atoms with Crippen LogP contribution in [-0.2, 0) is 20.4 Å². The molecular weight excluding hydrogens is 388 g/mol. The van der Waals surface area contributed by atoms with Gasteiger partial charge >= 0.3 is 0 Å². The number of hydrogen-bond acceptors (Lipinski definition) is 6. The van der Waals surface area contributed by atoms with Gasteiger partial charge in [-0.15, -0.1) is 0 Å². The Labute approximate surface area is 171 Å². The van der Waals surface area contributed by atoms with Gasteiger partial charge in [0.2, 0.25) is 5.91 Å². The summed E-state index contributed by atoms with van der Waals surface area (Å²) in [5, 5.41) is 5.72. The summed E-state index contributed by atoms with van der Waals surface area (Å²) in [5.41, 5.74) is 7.86. The van der Waals surface area contributed by atoms with Crippen molar-refractivity contribution in [1.29, 1.82) is 0 Å². The summed E-state index contributed by atoms with van der Waals surface area (Å²) in [6, 6.07) is 10.4. The van der Waals surface area contributed by atoms with E-state index in [9.17, 15) is 13.2 Å². The topological polar surface area (TPSA) is 114 Å². The van der Waals surface area contributed by atoms with Crippen LogP contribution in [0.5, 0.6) is 0 Å². The fraction of sp³-hybridized carbons (Fsp3) is 0.238. The number of carbonyl (C=O) groups is 1. The van der Waals surface area contributed by atoms with Crippen molar-refractivity contribution in [1.82, 2.24) is 15.6 Å². The fourth-order valence-electron chi connectivity index (χ4n) is 2.75. The molecule has 4 N–H and O–H groups in total. The Bertz CT molecular complexity index is 1020. The van der Waals surface area contributed by atoms with Gasteiger partial charge in [-0.2, -0.15) is 0 Å². The maximum Gasteiger partial charge on any atom is 0.218 e.